The molecule has 0 atom stereocenters. The highest BCUT2D eigenvalue weighted by atomic mass is 16.6. The van der Waals surface area contributed by atoms with E-state index in [9.17, 15) is 14.4 Å². The molecule has 0 unspecified atom stereocenters. The van der Waals surface area contributed by atoms with Crippen molar-refractivity contribution in [3.8, 4) is 0 Å². The van der Waals surface area contributed by atoms with Crippen LogP contribution in [0.25, 0.3) is 0 Å². The summed E-state index contributed by atoms with van der Waals surface area (Å²) in [6.45, 7) is 7.32. The molecule has 1 saturated heterocycles. The standard InChI is InChI=1S/C21H25N3O4/c1-14(2)7-9-23-10-8-15(3)18(20(23)26)19(25)22-16-5-4-6-17(13-16)24-11-12-28-21(24)27/h4-6,8,10,13-14H,7,9,11-12H2,1-3H3,(H,22,25). The van der Waals surface area contributed by atoms with Crippen LogP contribution < -0.4 is 15.8 Å². The molecule has 2 aromatic rings. The molecule has 1 aliphatic rings. The van der Waals surface area contributed by atoms with Gasteiger partial charge in [-0.3, -0.25) is 14.5 Å². The minimum atomic E-state index is -0.456. The third-order valence-corrected chi connectivity index (χ3v) is 4.72. The number of ether oxygens (including phenoxy) is 1. The number of hydrogen-bond donors (Lipinski definition) is 1. The van der Waals surface area contributed by atoms with Crippen LogP contribution in [-0.2, 0) is 11.3 Å². The number of nitrogens with one attached hydrogen (secondary N) is 1. The van der Waals surface area contributed by atoms with Gasteiger partial charge in [-0.05, 0) is 49.1 Å². The third kappa shape index (κ3) is 4.24. The Morgan fingerprint density at radius 3 is 2.71 bits per heavy atom. The first-order valence-electron chi connectivity index (χ1n) is 9.42. The lowest BCUT2D eigenvalue weighted by molar-refractivity contribution is 0.102. The summed E-state index contributed by atoms with van der Waals surface area (Å²) in [5.41, 5.74) is 1.62. The van der Waals surface area contributed by atoms with Gasteiger partial charge in [0.2, 0.25) is 0 Å². The van der Waals surface area contributed by atoms with Crippen molar-refractivity contribution in [1.82, 2.24) is 4.57 Å². The topological polar surface area (TPSA) is 80.6 Å². The van der Waals surface area contributed by atoms with E-state index in [1.54, 1.807) is 48.0 Å². The van der Waals surface area contributed by atoms with Crippen molar-refractivity contribution >= 4 is 23.4 Å². The molecule has 1 fully saturated rings. The van der Waals surface area contributed by atoms with Crippen molar-refractivity contribution in [2.45, 2.75) is 33.7 Å². The Balaban J connectivity index is 1.82. The first kappa shape index (κ1) is 19.7. The minimum absolute atomic E-state index is 0.136. The van der Waals surface area contributed by atoms with E-state index >= 15 is 0 Å². The fourth-order valence-electron chi connectivity index (χ4n) is 3.09. The Morgan fingerprint density at radius 2 is 2.04 bits per heavy atom. The maximum absolute atomic E-state index is 12.8. The molecule has 1 aliphatic heterocycles. The van der Waals surface area contributed by atoms with Crippen molar-refractivity contribution in [2.75, 3.05) is 23.4 Å². The van der Waals surface area contributed by atoms with Crippen LogP contribution in [0, 0.1) is 12.8 Å². The molecule has 0 radical (unpaired) electrons. The highest BCUT2D eigenvalue weighted by Crippen LogP contribution is 2.22. The SMILES string of the molecule is Cc1ccn(CCC(C)C)c(=O)c1C(=O)Nc1cccc(N2CCOC2=O)c1. The number of anilines is 2. The Morgan fingerprint density at radius 1 is 1.25 bits per heavy atom. The first-order valence-corrected chi connectivity index (χ1v) is 9.42. The second-order valence-electron chi connectivity index (χ2n) is 7.33. The highest BCUT2D eigenvalue weighted by molar-refractivity contribution is 6.05. The van der Waals surface area contributed by atoms with Gasteiger partial charge in [0.05, 0.1) is 6.54 Å². The van der Waals surface area contributed by atoms with Crippen molar-refractivity contribution in [3.63, 3.8) is 0 Å². The van der Waals surface area contributed by atoms with Gasteiger partial charge in [0.1, 0.15) is 12.2 Å². The molecule has 0 aliphatic carbocycles. The van der Waals surface area contributed by atoms with E-state index in [1.165, 1.54) is 4.90 Å². The second-order valence-corrected chi connectivity index (χ2v) is 7.33. The number of benzene rings is 1. The van der Waals surface area contributed by atoms with Crippen LogP contribution in [0.1, 0.15) is 36.2 Å². The number of rotatable bonds is 6. The molecule has 1 aromatic carbocycles. The molecule has 2 heterocycles. The number of hydrogen-bond acceptors (Lipinski definition) is 4. The largest absolute Gasteiger partial charge is 0.447 e. The summed E-state index contributed by atoms with van der Waals surface area (Å²) in [6, 6.07) is 8.72. The predicted molar refractivity (Wildman–Crippen MR) is 108 cm³/mol. The molecule has 7 nitrogen and oxygen atoms in total. The number of pyridine rings is 1. The Labute approximate surface area is 163 Å². The summed E-state index contributed by atoms with van der Waals surface area (Å²) in [5.74, 6) is 0.00745. The highest BCUT2D eigenvalue weighted by Gasteiger charge is 2.24. The van der Waals surface area contributed by atoms with Crippen LogP contribution in [0.4, 0.5) is 16.2 Å². The van der Waals surface area contributed by atoms with Gasteiger partial charge in [-0.2, -0.15) is 0 Å². The van der Waals surface area contributed by atoms with E-state index in [0.717, 1.165) is 6.42 Å². The average Bonchev–Trinajstić information content (AvgIpc) is 3.07. The van der Waals surface area contributed by atoms with E-state index in [-0.39, 0.29) is 11.1 Å². The number of carbonyl (C=O) groups excluding carboxylic acids is 2. The van der Waals surface area contributed by atoms with Crippen LogP contribution >= 0.6 is 0 Å². The molecular formula is C21H25N3O4. The van der Waals surface area contributed by atoms with Crippen molar-refractivity contribution in [3.05, 3.63) is 58.0 Å². The summed E-state index contributed by atoms with van der Waals surface area (Å²) in [6.07, 6.45) is 2.18. The van der Waals surface area contributed by atoms with Gasteiger partial charge in [-0.1, -0.05) is 19.9 Å². The van der Waals surface area contributed by atoms with Gasteiger partial charge in [0.15, 0.2) is 0 Å². The lowest BCUT2D eigenvalue weighted by Gasteiger charge is -2.15. The molecule has 2 amide bonds. The van der Waals surface area contributed by atoms with Gasteiger partial charge in [-0.15, -0.1) is 0 Å². The fourth-order valence-corrected chi connectivity index (χ4v) is 3.09. The van der Waals surface area contributed by atoms with Crippen LogP contribution in [-0.4, -0.2) is 29.7 Å². The molecule has 7 heteroatoms. The van der Waals surface area contributed by atoms with Gasteiger partial charge in [0, 0.05) is 24.1 Å². The van der Waals surface area contributed by atoms with Gasteiger partial charge >= 0.3 is 6.09 Å². The van der Waals surface area contributed by atoms with Crippen molar-refractivity contribution < 1.29 is 14.3 Å². The van der Waals surface area contributed by atoms with Crippen molar-refractivity contribution in [2.24, 2.45) is 5.92 Å². The Hall–Kier alpha value is -3.09. The lowest BCUT2D eigenvalue weighted by atomic mass is 10.1. The van der Waals surface area contributed by atoms with Crippen LogP contribution in [0.2, 0.25) is 0 Å². The summed E-state index contributed by atoms with van der Waals surface area (Å²) < 4.78 is 6.53. The van der Waals surface area contributed by atoms with Crippen molar-refractivity contribution in [1.29, 1.82) is 0 Å². The quantitative estimate of drug-likeness (QED) is 0.829. The number of cyclic esters (lactones) is 1. The smallest absolute Gasteiger partial charge is 0.414 e. The summed E-state index contributed by atoms with van der Waals surface area (Å²) >= 11 is 0. The number of aryl methyl sites for hydroxylation is 2. The van der Waals surface area contributed by atoms with Crippen LogP contribution in [0.15, 0.2) is 41.3 Å². The normalized spacial score (nSPS) is 13.7. The maximum Gasteiger partial charge on any atom is 0.414 e. The lowest BCUT2D eigenvalue weighted by Crippen LogP contribution is -2.30. The van der Waals surface area contributed by atoms with Gasteiger partial charge in [-0.25, -0.2) is 4.79 Å². The molecule has 1 N–H and O–H groups in total. The monoisotopic (exact) mass is 383 g/mol. The molecule has 28 heavy (non-hydrogen) atoms. The van der Waals surface area contributed by atoms with Gasteiger partial charge < -0.3 is 14.6 Å². The zero-order valence-electron chi connectivity index (χ0n) is 16.4. The molecule has 0 bridgehead atoms. The Bertz CT molecular complexity index is 949. The van der Waals surface area contributed by atoms with Crippen LogP contribution in [0.3, 0.4) is 0 Å². The van der Waals surface area contributed by atoms with Gasteiger partial charge in [0.25, 0.3) is 11.5 Å². The van der Waals surface area contributed by atoms with E-state index in [2.05, 4.69) is 19.2 Å². The van der Waals surface area contributed by atoms with Crippen LogP contribution in [0.5, 0.6) is 0 Å². The third-order valence-electron chi connectivity index (χ3n) is 4.72. The molecule has 148 valence electrons. The number of aromatic nitrogens is 1. The summed E-state index contributed by atoms with van der Waals surface area (Å²) in [4.78, 5) is 38.8. The van der Waals surface area contributed by atoms with E-state index < -0.39 is 12.0 Å². The molecule has 3 rings (SSSR count). The second kappa shape index (κ2) is 8.29. The summed E-state index contributed by atoms with van der Waals surface area (Å²) in [7, 11) is 0. The zero-order chi connectivity index (χ0) is 20.3. The summed E-state index contributed by atoms with van der Waals surface area (Å²) in [5, 5.41) is 2.78. The average molecular weight is 383 g/mol. The molecule has 1 aromatic heterocycles. The number of nitrogens with zero attached hydrogens (tertiary/aromatic N) is 2. The number of carbonyl (C=O) groups is 2. The molecular weight excluding hydrogens is 358 g/mol. The van der Waals surface area contributed by atoms with E-state index in [0.29, 0.717) is 42.6 Å². The first-order chi connectivity index (χ1) is 13.4. The fraction of sp³-hybridized carbons (Fsp3) is 0.381. The minimum Gasteiger partial charge on any atom is -0.447 e. The number of amides is 2. The van der Waals surface area contributed by atoms with E-state index in [1.807, 2.05) is 0 Å². The Kier molecular flexibility index (Phi) is 5.82. The predicted octanol–water partition coefficient (Wildman–Crippen LogP) is 3.41. The molecule has 0 spiro atoms. The zero-order valence-corrected chi connectivity index (χ0v) is 16.4. The maximum atomic E-state index is 12.8. The molecule has 0 saturated carbocycles. The van der Waals surface area contributed by atoms with E-state index in [4.69, 9.17) is 4.74 Å².